The second-order valence-electron chi connectivity index (χ2n) is 3.48. The quantitative estimate of drug-likeness (QED) is 0.508. The van der Waals surface area contributed by atoms with Crippen molar-refractivity contribution < 1.29 is 11.0 Å². The van der Waals surface area contributed by atoms with Gasteiger partial charge in [-0.25, -0.2) is 0 Å². The summed E-state index contributed by atoms with van der Waals surface area (Å²) in [6.45, 7) is 2.23. The fourth-order valence-corrected chi connectivity index (χ4v) is 1.59. The number of carbonyl (C=O) groups excluding carboxylic acids is 2. The van der Waals surface area contributed by atoms with E-state index in [1.165, 1.54) is 0 Å². The summed E-state index contributed by atoms with van der Waals surface area (Å²) in [4.78, 5) is 22.3. The zero-order valence-corrected chi connectivity index (χ0v) is 12.6. The summed E-state index contributed by atoms with van der Waals surface area (Å²) in [6.07, 6.45) is 2.44. The van der Waals surface area contributed by atoms with Crippen molar-refractivity contribution in [2.24, 2.45) is 0 Å². The van der Waals surface area contributed by atoms with Crippen molar-refractivity contribution in [2.45, 2.75) is 43.8 Å². The Labute approximate surface area is 115 Å². The molecule has 5 heteroatoms. The molecule has 0 aliphatic carbocycles. The van der Waals surface area contributed by atoms with Crippen LogP contribution in [-0.4, -0.2) is 28.4 Å². The molecule has 2 unspecified atom stereocenters. The lowest BCUT2D eigenvalue weighted by Crippen LogP contribution is -2.32. The van der Waals surface area contributed by atoms with Crippen LogP contribution < -0.4 is 5.32 Å². The molecular formula is C11H19Br2NO2. The van der Waals surface area contributed by atoms with E-state index in [1.54, 1.807) is 6.92 Å². The summed E-state index contributed by atoms with van der Waals surface area (Å²) >= 11 is 6.45. The van der Waals surface area contributed by atoms with Gasteiger partial charge in [-0.05, 0) is 12.8 Å². The predicted octanol–water partition coefficient (Wildman–Crippen LogP) is 2.80. The van der Waals surface area contributed by atoms with Crippen molar-refractivity contribution in [2.75, 3.05) is 11.9 Å². The van der Waals surface area contributed by atoms with E-state index in [1.807, 2.05) is 0 Å². The molecule has 0 saturated carbocycles. The molecule has 1 N–H and O–H groups in total. The van der Waals surface area contributed by atoms with Gasteiger partial charge in [0.2, 0.25) is 5.91 Å². The predicted molar refractivity (Wildman–Crippen MR) is 73.3 cm³/mol. The summed E-state index contributed by atoms with van der Waals surface area (Å²) in [7, 11) is 0. The number of hydrogen-bond acceptors (Lipinski definition) is 2. The van der Waals surface area contributed by atoms with Gasteiger partial charge in [0.15, 0.2) is 0 Å². The first-order valence-electron chi connectivity index (χ1n) is 5.99. The fraction of sp³-hybridized carbons (Fsp3) is 0.818. The molecule has 0 aromatic heterocycles. The largest absolute Gasteiger partial charge is 0.355 e. The van der Waals surface area contributed by atoms with Crippen molar-refractivity contribution in [3.63, 3.8) is 0 Å². The van der Waals surface area contributed by atoms with Crippen LogP contribution >= 0.6 is 31.9 Å². The Morgan fingerprint density at radius 2 is 2.06 bits per heavy atom. The van der Waals surface area contributed by atoms with Crippen molar-refractivity contribution in [3.8, 4) is 0 Å². The first-order valence-corrected chi connectivity index (χ1v) is 7.45. The lowest BCUT2D eigenvalue weighted by Gasteiger charge is -2.07. The van der Waals surface area contributed by atoms with Crippen LogP contribution in [0.4, 0.5) is 0 Å². The SMILES string of the molecule is [3H]C(C)C(=O)CCCCCNC(=O)C(Br)CBr. The van der Waals surface area contributed by atoms with Crippen molar-refractivity contribution in [1.82, 2.24) is 5.32 Å². The van der Waals surface area contributed by atoms with Gasteiger partial charge in [-0.1, -0.05) is 45.2 Å². The molecular weight excluding hydrogens is 338 g/mol. The third-order valence-electron chi connectivity index (χ3n) is 2.14. The molecule has 0 spiro atoms. The van der Waals surface area contributed by atoms with E-state index < -0.39 is 6.40 Å². The average molecular weight is 359 g/mol. The number of ketones is 1. The normalized spacial score (nSPS) is 15.1. The third kappa shape index (κ3) is 8.28. The molecule has 0 saturated heterocycles. The van der Waals surface area contributed by atoms with Crippen molar-refractivity contribution in [1.29, 1.82) is 0 Å². The summed E-state index contributed by atoms with van der Waals surface area (Å²) < 4.78 is 7.21. The maximum absolute atomic E-state index is 11.3. The number of carbonyl (C=O) groups is 2. The van der Waals surface area contributed by atoms with Crippen molar-refractivity contribution >= 4 is 43.6 Å². The highest BCUT2D eigenvalue weighted by atomic mass is 79.9. The second kappa shape index (κ2) is 10.3. The van der Waals surface area contributed by atoms with Crippen LogP contribution in [0.1, 0.15) is 40.4 Å². The third-order valence-corrected chi connectivity index (χ3v) is 4.40. The molecule has 0 rings (SSSR count). The number of rotatable bonds is 9. The molecule has 0 aromatic rings. The highest BCUT2D eigenvalue weighted by Crippen LogP contribution is 2.04. The average Bonchev–Trinajstić information content (AvgIpc) is 2.31. The van der Waals surface area contributed by atoms with E-state index in [9.17, 15) is 9.59 Å². The molecule has 0 bridgehead atoms. The number of halogens is 2. The van der Waals surface area contributed by atoms with Crippen LogP contribution in [0, 0.1) is 0 Å². The molecule has 3 nitrogen and oxygen atoms in total. The summed E-state index contributed by atoms with van der Waals surface area (Å²) in [6, 6.07) is 0. The summed E-state index contributed by atoms with van der Waals surface area (Å²) in [5, 5.41) is 3.40. The number of alkyl halides is 2. The molecule has 16 heavy (non-hydrogen) atoms. The van der Waals surface area contributed by atoms with Gasteiger partial charge in [0, 0.05) is 26.1 Å². The van der Waals surface area contributed by atoms with E-state index in [-0.39, 0.29) is 16.5 Å². The molecule has 0 aliphatic rings. The minimum absolute atomic E-state index is 0.00570. The minimum Gasteiger partial charge on any atom is -0.355 e. The smallest absolute Gasteiger partial charge is 0.234 e. The number of nitrogens with one attached hydrogen (secondary N) is 1. The van der Waals surface area contributed by atoms with Gasteiger partial charge < -0.3 is 5.32 Å². The van der Waals surface area contributed by atoms with E-state index in [4.69, 9.17) is 1.37 Å². The van der Waals surface area contributed by atoms with Crippen LogP contribution in [0.3, 0.4) is 0 Å². The zero-order valence-electron chi connectivity index (χ0n) is 10.5. The Bertz CT molecular complexity index is 250. The Hall–Kier alpha value is 0.1000. The minimum atomic E-state index is -0.609. The monoisotopic (exact) mass is 357 g/mol. The molecule has 94 valence electrons. The number of amides is 1. The first kappa shape index (κ1) is 14.2. The summed E-state index contributed by atoms with van der Waals surface area (Å²) in [5.74, 6) is -0.0217. The van der Waals surface area contributed by atoms with Gasteiger partial charge in [-0.3, -0.25) is 9.59 Å². The van der Waals surface area contributed by atoms with Gasteiger partial charge >= 0.3 is 0 Å². The van der Waals surface area contributed by atoms with Gasteiger partial charge in [0.25, 0.3) is 0 Å². The van der Waals surface area contributed by atoms with Crippen molar-refractivity contribution in [3.05, 3.63) is 0 Å². The van der Waals surface area contributed by atoms with E-state index in [0.717, 1.165) is 19.3 Å². The van der Waals surface area contributed by atoms with Gasteiger partial charge in [0.1, 0.15) is 10.6 Å². The van der Waals surface area contributed by atoms with Crippen LogP contribution in [-0.2, 0) is 9.59 Å². The van der Waals surface area contributed by atoms with Crippen LogP contribution in [0.2, 0.25) is 0 Å². The lowest BCUT2D eigenvalue weighted by atomic mass is 10.1. The standard InChI is InChI=1S/C11H19Br2NO2/c1-2-9(15)6-4-3-5-7-14-11(16)10(13)8-12/h10H,2-8H2,1H3,(H,14,16)/i2T. The zero-order chi connectivity index (χ0) is 13.3. The topological polar surface area (TPSA) is 46.2 Å². The van der Waals surface area contributed by atoms with Gasteiger partial charge in [-0.2, -0.15) is 0 Å². The molecule has 0 fully saturated rings. The van der Waals surface area contributed by atoms with E-state index in [0.29, 0.717) is 18.3 Å². The Kier molecular flexibility index (Phi) is 9.09. The highest BCUT2D eigenvalue weighted by Gasteiger charge is 2.11. The molecule has 2 atom stereocenters. The van der Waals surface area contributed by atoms with Gasteiger partial charge in [-0.15, -0.1) is 0 Å². The molecule has 0 radical (unpaired) electrons. The number of unbranched alkanes of at least 4 members (excludes halogenated alkanes) is 2. The lowest BCUT2D eigenvalue weighted by molar-refractivity contribution is -0.120. The highest BCUT2D eigenvalue weighted by molar-refractivity contribution is 9.12. The maximum Gasteiger partial charge on any atom is 0.234 e. The Morgan fingerprint density at radius 1 is 1.38 bits per heavy atom. The Morgan fingerprint density at radius 3 is 2.62 bits per heavy atom. The van der Waals surface area contributed by atoms with E-state index in [2.05, 4.69) is 37.2 Å². The van der Waals surface area contributed by atoms with Crippen LogP contribution in [0.15, 0.2) is 0 Å². The van der Waals surface area contributed by atoms with Crippen LogP contribution in [0.25, 0.3) is 0 Å². The van der Waals surface area contributed by atoms with Gasteiger partial charge in [0.05, 0.1) is 0 Å². The fourth-order valence-electron chi connectivity index (χ4n) is 1.14. The van der Waals surface area contributed by atoms with Crippen LogP contribution in [0.5, 0.6) is 0 Å². The number of hydrogen-bond donors (Lipinski definition) is 1. The first-order chi connectivity index (χ1) is 7.99. The summed E-state index contributed by atoms with van der Waals surface area (Å²) in [5.41, 5.74) is 0. The maximum atomic E-state index is 11.3. The molecule has 0 aromatic carbocycles. The number of Topliss-reactive ketones (excluding diaryl/α,β-unsaturated/α-hetero) is 1. The van der Waals surface area contributed by atoms with E-state index >= 15 is 0 Å². The molecule has 0 heterocycles. The Balaban J connectivity index is 3.41. The second-order valence-corrected chi connectivity index (χ2v) is 5.23. The molecule has 1 amide bonds. The molecule has 0 aliphatic heterocycles.